The first kappa shape index (κ1) is 15.4. The van der Waals surface area contributed by atoms with Crippen LogP contribution in [0, 0.1) is 20.8 Å². The summed E-state index contributed by atoms with van der Waals surface area (Å²) in [5.41, 5.74) is 2.19. The quantitative estimate of drug-likeness (QED) is 0.725. The summed E-state index contributed by atoms with van der Waals surface area (Å²) in [6.45, 7) is 5.28. The van der Waals surface area contributed by atoms with E-state index < -0.39 is 15.6 Å². The van der Waals surface area contributed by atoms with Crippen LogP contribution in [0.1, 0.15) is 16.8 Å². The number of rotatable bonds is 2. The summed E-state index contributed by atoms with van der Waals surface area (Å²) in [5, 5.41) is 0. The van der Waals surface area contributed by atoms with E-state index in [1.165, 1.54) is 19.1 Å². The molecule has 0 aliphatic carbocycles. The summed E-state index contributed by atoms with van der Waals surface area (Å²) < 4.78 is 26.7. The third-order valence-corrected chi connectivity index (χ3v) is 5.40. The van der Waals surface area contributed by atoms with Gasteiger partial charge in [-0.25, -0.2) is 13.4 Å². The van der Waals surface area contributed by atoms with Crippen LogP contribution in [0.2, 0.25) is 0 Å². The molecule has 0 N–H and O–H groups in total. The van der Waals surface area contributed by atoms with Crippen molar-refractivity contribution in [1.29, 1.82) is 0 Å². The van der Waals surface area contributed by atoms with Gasteiger partial charge in [-0.2, -0.15) is 3.97 Å². The van der Waals surface area contributed by atoms with Gasteiger partial charge in [0.05, 0.1) is 15.9 Å². The van der Waals surface area contributed by atoms with Crippen molar-refractivity contribution in [2.75, 3.05) is 0 Å². The topological polar surface area (TPSA) is 69.0 Å². The fourth-order valence-electron chi connectivity index (χ4n) is 2.43. The van der Waals surface area contributed by atoms with E-state index in [9.17, 15) is 13.2 Å². The SMILES string of the molecule is Cc1ccc(S(=O)(=O)n2c(=O)c(C)nc3cc(C)ccc32)cc1. The molecule has 0 bridgehead atoms. The molecular formula is C17H16N2O3S. The van der Waals surface area contributed by atoms with E-state index in [0.29, 0.717) is 5.52 Å². The molecule has 0 unspecified atom stereocenters. The van der Waals surface area contributed by atoms with Crippen LogP contribution in [0.25, 0.3) is 11.0 Å². The van der Waals surface area contributed by atoms with E-state index in [1.807, 2.05) is 13.8 Å². The molecule has 3 aromatic rings. The first-order valence-electron chi connectivity index (χ1n) is 7.13. The molecule has 0 amide bonds. The summed E-state index contributed by atoms with van der Waals surface area (Å²) in [5.74, 6) is 0. The van der Waals surface area contributed by atoms with Gasteiger partial charge in [0.1, 0.15) is 5.69 Å². The molecule has 0 atom stereocenters. The van der Waals surface area contributed by atoms with Crippen molar-refractivity contribution in [1.82, 2.24) is 8.96 Å². The van der Waals surface area contributed by atoms with Gasteiger partial charge in [-0.05, 0) is 50.6 Å². The lowest BCUT2D eigenvalue weighted by atomic mass is 10.2. The molecule has 23 heavy (non-hydrogen) atoms. The van der Waals surface area contributed by atoms with Crippen molar-refractivity contribution in [2.45, 2.75) is 25.7 Å². The molecule has 0 saturated carbocycles. The van der Waals surface area contributed by atoms with E-state index in [-0.39, 0.29) is 16.1 Å². The van der Waals surface area contributed by atoms with Gasteiger partial charge < -0.3 is 0 Å². The van der Waals surface area contributed by atoms with Crippen LogP contribution in [0.15, 0.2) is 52.2 Å². The molecule has 3 rings (SSSR count). The minimum atomic E-state index is -3.98. The van der Waals surface area contributed by atoms with E-state index >= 15 is 0 Å². The molecule has 1 aromatic heterocycles. The molecular weight excluding hydrogens is 312 g/mol. The monoisotopic (exact) mass is 328 g/mol. The predicted octanol–water partition coefficient (Wildman–Crippen LogP) is 2.56. The van der Waals surface area contributed by atoms with Crippen molar-refractivity contribution in [3.63, 3.8) is 0 Å². The van der Waals surface area contributed by atoms with Gasteiger partial charge in [-0.3, -0.25) is 4.79 Å². The highest BCUT2D eigenvalue weighted by atomic mass is 32.2. The maximum atomic E-state index is 13.0. The Bertz CT molecular complexity index is 1070. The van der Waals surface area contributed by atoms with Gasteiger partial charge in [0.15, 0.2) is 0 Å². The van der Waals surface area contributed by atoms with Gasteiger partial charge in [-0.1, -0.05) is 23.8 Å². The Morgan fingerprint density at radius 3 is 2.17 bits per heavy atom. The molecule has 0 aliphatic heterocycles. The molecule has 0 spiro atoms. The van der Waals surface area contributed by atoms with Crippen molar-refractivity contribution < 1.29 is 8.42 Å². The molecule has 6 heteroatoms. The number of benzene rings is 2. The van der Waals surface area contributed by atoms with Crippen LogP contribution >= 0.6 is 0 Å². The van der Waals surface area contributed by atoms with Gasteiger partial charge in [0.2, 0.25) is 0 Å². The third kappa shape index (κ3) is 2.55. The van der Waals surface area contributed by atoms with Crippen LogP contribution in [-0.4, -0.2) is 17.4 Å². The second-order valence-corrected chi connectivity index (χ2v) is 7.36. The summed E-state index contributed by atoms with van der Waals surface area (Å²) in [4.78, 5) is 16.8. The predicted molar refractivity (Wildman–Crippen MR) is 89.2 cm³/mol. The Labute approximate surface area is 134 Å². The number of aromatic nitrogens is 2. The lowest BCUT2D eigenvalue weighted by Crippen LogP contribution is -2.30. The molecule has 0 saturated heterocycles. The maximum Gasteiger partial charge on any atom is 0.286 e. The zero-order valence-electron chi connectivity index (χ0n) is 13.1. The highest BCUT2D eigenvalue weighted by Crippen LogP contribution is 2.19. The first-order chi connectivity index (χ1) is 10.8. The van der Waals surface area contributed by atoms with E-state index in [4.69, 9.17) is 0 Å². The van der Waals surface area contributed by atoms with Crippen LogP contribution in [0.3, 0.4) is 0 Å². The van der Waals surface area contributed by atoms with Crippen LogP contribution in [0.4, 0.5) is 0 Å². The van der Waals surface area contributed by atoms with Crippen LogP contribution in [0.5, 0.6) is 0 Å². The fraction of sp³-hybridized carbons (Fsp3) is 0.176. The van der Waals surface area contributed by atoms with E-state index in [2.05, 4.69) is 4.98 Å². The second kappa shape index (κ2) is 5.31. The molecule has 118 valence electrons. The van der Waals surface area contributed by atoms with Gasteiger partial charge in [-0.15, -0.1) is 0 Å². The molecule has 0 aliphatic rings. The van der Waals surface area contributed by atoms with E-state index in [0.717, 1.165) is 15.1 Å². The average molecular weight is 328 g/mol. The number of fused-ring (bicyclic) bond motifs is 1. The number of hydrogen-bond acceptors (Lipinski definition) is 4. The summed E-state index contributed by atoms with van der Waals surface area (Å²) >= 11 is 0. The lowest BCUT2D eigenvalue weighted by molar-refractivity contribution is 0.586. The maximum absolute atomic E-state index is 13.0. The Morgan fingerprint density at radius 1 is 0.913 bits per heavy atom. The molecule has 0 radical (unpaired) electrons. The average Bonchev–Trinajstić information content (AvgIpc) is 2.49. The third-order valence-electron chi connectivity index (χ3n) is 3.69. The molecule has 1 heterocycles. The Hall–Kier alpha value is -2.47. The second-order valence-electron chi connectivity index (χ2n) is 5.58. The first-order valence-corrected chi connectivity index (χ1v) is 8.57. The minimum Gasteiger partial charge on any atom is -0.266 e. The van der Waals surface area contributed by atoms with Crippen LogP contribution < -0.4 is 5.56 Å². The summed E-state index contributed by atoms with van der Waals surface area (Å²) in [7, 11) is -3.98. The lowest BCUT2D eigenvalue weighted by Gasteiger charge is -2.12. The zero-order chi connectivity index (χ0) is 16.8. The molecule has 2 aromatic carbocycles. The summed E-state index contributed by atoms with van der Waals surface area (Å²) in [6, 6.07) is 11.6. The highest BCUT2D eigenvalue weighted by molar-refractivity contribution is 7.90. The smallest absolute Gasteiger partial charge is 0.266 e. The molecule has 0 fully saturated rings. The van der Waals surface area contributed by atoms with Gasteiger partial charge in [0.25, 0.3) is 15.6 Å². The highest BCUT2D eigenvalue weighted by Gasteiger charge is 2.22. The van der Waals surface area contributed by atoms with Crippen molar-refractivity contribution in [2.24, 2.45) is 0 Å². The number of hydrogen-bond donors (Lipinski definition) is 0. The minimum absolute atomic E-state index is 0.0812. The molecule has 5 nitrogen and oxygen atoms in total. The van der Waals surface area contributed by atoms with Crippen molar-refractivity contribution >= 4 is 21.1 Å². The van der Waals surface area contributed by atoms with Crippen molar-refractivity contribution in [3.05, 3.63) is 69.6 Å². The number of aryl methyl sites for hydroxylation is 3. The largest absolute Gasteiger partial charge is 0.286 e. The van der Waals surface area contributed by atoms with Crippen molar-refractivity contribution in [3.8, 4) is 0 Å². The normalized spacial score (nSPS) is 11.8. The Morgan fingerprint density at radius 2 is 1.52 bits per heavy atom. The fourth-order valence-corrected chi connectivity index (χ4v) is 3.89. The zero-order valence-corrected chi connectivity index (χ0v) is 13.9. The van der Waals surface area contributed by atoms with Gasteiger partial charge >= 0.3 is 0 Å². The number of nitrogens with zero attached hydrogens (tertiary/aromatic N) is 2. The van der Waals surface area contributed by atoms with Crippen LogP contribution in [-0.2, 0) is 10.0 Å². The van der Waals surface area contributed by atoms with E-state index in [1.54, 1.807) is 30.3 Å². The Kier molecular flexibility index (Phi) is 3.56. The summed E-state index contributed by atoms with van der Waals surface area (Å²) in [6.07, 6.45) is 0. The standard InChI is InChI=1S/C17H16N2O3S/c1-11-4-7-14(8-5-11)23(21,22)19-16-9-6-12(2)10-15(16)18-13(3)17(19)20/h4-10H,1-3H3. The Balaban J connectivity index is 2.41. The van der Waals surface area contributed by atoms with Gasteiger partial charge in [0, 0.05) is 0 Å².